The van der Waals surface area contributed by atoms with E-state index in [2.05, 4.69) is 15.6 Å². The predicted molar refractivity (Wildman–Crippen MR) is 155 cm³/mol. The summed E-state index contributed by atoms with van der Waals surface area (Å²) < 4.78 is 28.9. The highest BCUT2D eigenvalue weighted by atomic mass is 16.6. The number of carbonyl (C=O) groups is 3. The van der Waals surface area contributed by atoms with E-state index in [1.165, 1.54) is 4.90 Å². The van der Waals surface area contributed by atoms with Gasteiger partial charge in [0.15, 0.2) is 23.0 Å². The second-order valence-corrected chi connectivity index (χ2v) is 10.7. The first kappa shape index (κ1) is 29.7. The zero-order valence-electron chi connectivity index (χ0n) is 24.7. The van der Waals surface area contributed by atoms with Crippen LogP contribution >= 0.6 is 0 Å². The first-order valence-electron chi connectivity index (χ1n) is 14.3. The fourth-order valence-corrected chi connectivity index (χ4v) is 4.95. The summed E-state index contributed by atoms with van der Waals surface area (Å²) in [5.74, 6) is 1.30. The van der Waals surface area contributed by atoms with E-state index in [0.29, 0.717) is 71.1 Å². The van der Waals surface area contributed by atoms with E-state index in [0.717, 1.165) is 0 Å². The van der Waals surface area contributed by atoms with Gasteiger partial charge in [0.25, 0.3) is 5.91 Å². The molecule has 2 aliphatic rings. The minimum absolute atomic E-state index is 0.110. The molecule has 0 saturated heterocycles. The van der Waals surface area contributed by atoms with Crippen molar-refractivity contribution >= 4 is 17.7 Å². The number of nitrogens with one attached hydrogen (secondary N) is 2. The van der Waals surface area contributed by atoms with Crippen molar-refractivity contribution in [3.8, 4) is 34.5 Å². The lowest BCUT2D eigenvalue weighted by Crippen LogP contribution is -2.52. The molecule has 4 bridgehead atoms. The number of carbonyl (C=O) groups excluding carboxylic acids is 3. The molecule has 2 aromatic carbocycles. The van der Waals surface area contributed by atoms with Gasteiger partial charge >= 0.3 is 0 Å². The molecule has 3 amide bonds. The molecule has 0 aliphatic carbocycles. The van der Waals surface area contributed by atoms with Gasteiger partial charge in [0.1, 0.15) is 30.7 Å². The Morgan fingerprint density at radius 3 is 2.65 bits per heavy atom. The molecule has 228 valence electrons. The number of hydrogen-bond donors (Lipinski definition) is 2. The maximum atomic E-state index is 13.8. The topological polar surface area (TPSA) is 141 Å². The van der Waals surface area contributed by atoms with Gasteiger partial charge in [-0.3, -0.25) is 14.4 Å². The molecular formula is C31H36N4O8. The van der Waals surface area contributed by atoms with Crippen LogP contribution in [-0.2, 0) is 16.1 Å². The molecule has 0 fully saturated rings. The van der Waals surface area contributed by atoms with Gasteiger partial charge in [-0.1, -0.05) is 19.9 Å². The summed E-state index contributed by atoms with van der Waals surface area (Å²) in [7, 11) is 1.55. The van der Waals surface area contributed by atoms with Crippen LogP contribution in [0.15, 0.2) is 40.8 Å². The van der Waals surface area contributed by atoms with Gasteiger partial charge in [-0.15, -0.1) is 0 Å². The van der Waals surface area contributed by atoms with Crippen molar-refractivity contribution in [1.82, 2.24) is 20.5 Å². The number of benzene rings is 2. The number of aromatic nitrogens is 1. The van der Waals surface area contributed by atoms with Gasteiger partial charge in [-0.2, -0.15) is 0 Å². The Kier molecular flexibility index (Phi) is 9.03. The second-order valence-electron chi connectivity index (χ2n) is 10.7. The smallest absolute Gasteiger partial charge is 0.258 e. The van der Waals surface area contributed by atoms with Gasteiger partial charge in [-0.05, 0) is 49.6 Å². The first-order valence-corrected chi connectivity index (χ1v) is 14.3. The Bertz CT molecular complexity index is 1500. The molecule has 5 rings (SSSR count). The van der Waals surface area contributed by atoms with Crippen molar-refractivity contribution in [1.29, 1.82) is 0 Å². The van der Waals surface area contributed by atoms with Gasteiger partial charge in [0, 0.05) is 12.1 Å². The molecule has 12 heteroatoms. The van der Waals surface area contributed by atoms with E-state index >= 15 is 0 Å². The molecular weight excluding hydrogens is 556 g/mol. The zero-order valence-corrected chi connectivity index (χ0v) is 24.7. The lowest BCUT2D eigenvalue weighted by atomic mass is 10.0. The van der Waals surface area contributed by atoms with E-state index in [4.69, 9.17) is 23.4 Å². The predicted octanol–water partition coefficient (Wildman–Crippen LogP) is 3.11. The third-order valence-electron chi connectivity index (χ3n) is 7.25. The highest BCUT2D eigenvalue weighted by Gasteiger charge is 2.29. The fraction of sp³-hybridized carbons (Fsp3) is 0.419. The summed E-state index contributed by atoms with van der Waals surface area (Å²) in [6.07, 6.45) is 0.398. The van der Waals surface area contributed by atoms with Crippen LogP contribution in [0.2, 0.25) is 0 Å². The quantitative estimate of drug-likeness (QED) is 0.469. The summed E-state index contributed by atoms with van der Waals surface area (Å²) in [6, 6.07) is 9.61. The third kappa shape index (κ3) is 6.68. The molecule has 43 heavy (non-hydrogen) atoms. The van der Waals surface area contributed by atoms with Crippen molar-refractivity contribution in [2.75, 3.05) is 40.0 Å². The van der Waals surface area contributed by atoms with E-state index in [9.17, 15) is 14.4 Å². The van der Waals surface area contributed by atoms with Gasteiger partial charge in [-0.25, -0.2) is 4.98 Å². The summed E-state index contributed by atoms with van der Waals surface area (Å²) in [5.41, 5.74) is 1.53. The van der Waals surface area contributed by atoms with Gasteiger partial charge < -0.3 is 38.9 Å². The Labute approximate surface area is 249 Å². The Morgan fingerprint density at radius 1 is 1.07 bits per heavy atom. The van der Waals surface area contributed by atoms with Crippen LogP contribution in [0.1, 0.15) is 42.1 Å². The molecule has 2 aliphatic heterocycles. The van der Waals surface area contributed by atoms with Crippen LogP contribution in [0.4, 0.5) is 0 Å². The number of oxazole rings is 1. The maximum absolute atomic E-state index is 13.8. The van der Waals surface area contributed by atoms with Crippen molar-refractivity contribution in [3.63, 3.8) is 0 Å². The Balaban J connectivity index is 1.45. The van der Waals surface area contributed by atoms with Crippen LogP contribution in [0.3, 0.4) is 0 Å². The monoisotopic (exact) mass is 592 g/mol. The number of para-hydroxylation sites is 1. The van der Waals surface area contributed by atoms with Crippen LogP contribution in [0, 0.1) is 12.8 Å². The maximum Gasteiger partial charge on any atom is 0.258 e. The average molecular weight is 593 g/mol. The average Bonchev–Trinajstić information content (AvgIpc) is 3.38. The standard InChI is InChI=1S/C31H36N4O8/c1-18(2)27-29(37)32-16-22-19(3)43-30(33-22)20-9-10-23(39-4)25(15-20)40-12-6-11-35(17-26(36)34-27)31(38)21-7-5-8-24-28(21)42-14-13-41-24/h5,7-10,15,18,27H,6,11-14,16-17H2,1-4H3,(H,32,37)(H,34,36)/t27-/m0/s1. The molecule has 3 aromatic rings. The summed E-state index contributed by atoms with van der Waals surface area (Å²) in [6.45, 7) is 6.40. The SMILES string of the molecule is COc1ccc2cc1OCCCN(C(=O)c1cccc3c1OCCO3)CC(=O)N[C@@H](C(C)C)C(=O)NCc1nc-2oc1C. The summed E-state index contributed by atoms with van der Waals surface area (Å²) >= 11 is 0. The molecule has 0 spiro atoms. The molecule has 1 aromatic heterocycles. The van der Waals surface area contributed by atoms with E-state index in [1.54, 1.807) is 44.4 Å². The van der Waals surface area contributed by atoms with Crippen LogP contribution in [0.25, 0.3) is 11.5 Å². The number of hydrogen-bond acceptors (Lipinski definition) is 9. The third-order valence-corrected chi connectivity index (χ3v) is 7.25. The molecule has 0 radical (unpaired) electrons. The number of methoxy groups -OCH3 is 1. The second kappa shape index (κ2) is 13.1. The van der Waals surface area contributed by atoms with Gasteiger partial charge in [0.2, 0.25) is 17.7 Å². The van der Waals surface area contributed by atoms with Crippen molar-refractivity contribution in [3.05, 3.63) is 53.4 Å². The number of fused-ring (bicyclic) bond motifs is 6. The first-order chi connectivity index (χ1) is 20.7. The van der Waals surface area contributed by atoms with Gasteiger partial charge in [0.05, 0.1) is 32.4 Å². The number of rotatable bonds is 3. The Morgan fingerprint density at radius 2 is 1.86 bits per heavy atom. The van der Waals surface area contributed by atoms with Crippen LogP contribution in [-0.4, -0.2) is 73.7 Å². The summed E-state index contributed by atoms with van der Waals surface area (Å²) in [4.78, 5) is 46.3. The highest BCUT2D eigenvalue weighted by molar-refractivity contribution is 6.00. The normalized spacial score (nSPS) is 17.7. The summed E-state index contributed by atoms with van der Waals surface area (Å²) in [5, 5.41) is 5.67. The lowest BCUT2D eigenvalue weighted by Gasteiger charge is -2.27. The Hall–Kier alpha value is -4.74. The number of amides is 3. The molecule has 3 heterocycles. The van der Waals surface area contributed by atoms with Crippen LogP contribution < -0.4 is 29.6 Å². The lowest BCUT2D eigenvalue weighted by molar-refractivity contribution is -0.130. The minimum Gasteiger partial charge on any atom is -0.493 e. The van der Waals surface area contributed by atoms with Crippen molar-refractivity contribution in [2.45, 2.75) is 39.8 Å². The number of aryl methyl sites for hydroxylation is 1. The molecule has 12 nitrogen and oxygen atoms in total. The zero-order chi connectivity index (χ0) is 30.5. The van der Waals surface area contributed by atoms with Crippen molar-refractivity contribution < 1.29 is 37.7 Å². The highest BCUT2D eigenvalue weighted by Crippen LogP contribution is 2.35. The molecule has 0 saturated carbocycles. The largest absolute Gasteiger partial charge is 0.493 e. The molecule has 0 unspecified atom stereocenters. The molecule has 1 atom stereocenters. The number of nitrogens with zero attached hydrogens (tertiary/aromatic N) is 2. The van der Waals surface area contributed by atoms with Crippen molar-refractivity contribution in [2.24, 2.45) is 5.92 Å². The number of ether oxygens (including phenoxy) is 4. The van der Waals surface area contributed by atoms with E-state index < -0.39 is 17.9 Å². The van der Waals surface area contributed by atoms with E-state index in [-0.39, 0.29) is 38.1 Å². The minimum atomic E-state index is -0.830. The van der Waals surface area contributed by atoms with E-state index in [1.807, 2.05) is 19.9 Å². The van der Waals surface area contributed by atoms with Crippen LogP contribution in [0.5, 0.6) is 23.0 Å². The molecule has 2 N–H and O–H groups in total. The fourth-order valence-electron chi connectivity index (χ4n) is 4.95.